The molecule has 10 nitrogen and oxygen atoms in total. The van der Waals surface area contributed by atoms with Crippen LogP contribution in [0.4, 0.5) is 10.3 Å². The molecule has 0 unspecified atom stereocenters. The number of rotatable bonds is 6. The number of likely N-dealkylation sites (tertiary alicyclic amines) is 1. The molecular weight excluding hydrogens is 439 g/mol. The van der Waals surface area contributed by atoms with E-state index < -0.39 is 0 Å². The van der Waals surface area contributed by atoms with Crippen LogP contribution in [0.1, 0.15) is 12.8 Å². The minimum absolute atomic E-state index is 0.000893. The van der Waals surface area contributed by atoms with Crippen molar-refractivity contribution in [2.45, 2.75) is 24.9 Å². The average molecular weight is 471 g/mol. The molecule has 2 saturated heterocycles. The fourth-order valence-electron chi connectivity index (χ4n) is 4.46. The second-order valence-corrected chi connectivity index (χ2v) is 8.81. The number of piperidine rings is 1. The largest absolute Gasteiger partial charge is 0.358 e. The molecule has 2 aliphatic heterocycles. The molecular formula is C23H31FN8O2. The maximum Gasteiger partial charge on any atom is 0.245 e. The van der Waals surface area contributed by atoms with Gasteiger partial charge in [-0.2, -0.15) is 5.10 Å². The zero-order chi connectivity index (χ0) is 24.1. The van der Waals surface area contributed by atoms with Gasteiger partial charge in [0.05, 0.1) is 24.5 Å². The van der Waals surface area contributed by atoms with Crippen LogP contribution in [-0.4, -0.2) is 102 Å². The summed E-state index contributed by atoms with van der Waals surface area (Å²) in [4.78, 5) is 35.5. The monoisotopic (exact) mass is 470 g/mol. The fourth-order valence-corrected chi connectivity index (χ4v) is 4.46. The van der Waals surface area contributed by atoms with Crippen LogP contribution in [0.2, 0.25) is 0 Å². The lowest BCUT2D eigenvalue weighted by molar-refractivity contribution is -0.128. The van der Waals surface area contributed by atoms with Crippen molar-refractivity contribution in [1.82, 2.24) is 35.6 Å². The summed E-state index contributed by atoms with van der Waals surface area (Å²) in [5, 5.41) is 14.0. The molecule has 2 aliphatic rings. The van der Waals surface area contributed by atoms with Crippen LogP contribution in [0.5, 0.6) is 0 Å². The van der Waals surface area contributed by atoms with E-state index in [1.165, 1.54) is 12.1 Å². The second kappa shape index (κ2) is 10.8. The smallest absolute Gasteiger partial charge is 0.245 e. The molecule has 1 aromatic heterocycles. The van der Waals surface area contributed by atoms with E-state index in [0.717, 1.165) is 18.5 Å². The number of hydrogen-bond donors (Lipinski definition) is 2. The summed E-state index contributed by atoms with van der Waals surface area (Å²) in [6.45, 7) is 3.84. The topological polar surface area (TPSA) is 107 Å². The normalized spacial score (nSPS) is 21.8. The molecule has 0 bridgehead atoms. The van der Waals surface area contributed by atoms with E-state index in [2.05, 4.69) is 30.7 Å². The number of amides is 2. The summed E-state index contributed by atoms with van der Waals surface area (Å²) in [6, 6.07) is 5.91. The Balaban J connectivity index is 1.26. The first-order valence-corrected chi connectivity index (χ1v) is 11.6. The number of carbonyl (C=O) groups excluding carboxylic acids is 2. The van der Waals surface area contributed by atoms with E-state index in [9.17, 15) is 14.0 Å². The number of likely N-dealkylation sites (N-methyl/N-ethyl adjacent to an activating group) is 2. The van der Waals surface area contributed by atoms with E-state index in [-0.39, 0.29) is 29.7 Å². The second-order valence-electron chi connectivity index (χ2n) is 8.81. The lowest BCUT2D eigenvalue weighted by Gasteiger charge is -2.37. The van der Waals surface area contributed by atoms with E-state index in [1.54, 1.807) is 25.4 Å². The Hall–Kier alpha value is -3.18. The first-order valence-electron chi connectivity index (χ1n) is 11.6. The van der Waals surface area contributed by atoms with Crippen molar-refractivity contribution in [3.05, 3.63) is 36.3 Å². The van der Waals surface area contributed by atoms with Gasteiger partial charge in [-0.25, -0.2) is 9.37 Å². The molecule has 0 radical (unpaired) electrons. The summed E-state index contributed by atoms with van der Waals surface area (Å²) < 4.78 is 13.2. The van der Waals surface area contributed by atoms with Crippen molar-refractivity contribution in [1.29, 1.82) is 0 Å². The lowest BCUT2D eigenvalue weighted by atomic mass is 9.97. The number of hydrogen-bond acceptors (Lipinski definition) is 8. The number of benzene rings is 1. The summed E-state index contributed by atoms with van der Waals surface area (Å²) in [7, 11) is 3.57. The highest BCUT2D eigenvalue weighted by Crippen LogP contribution is 2.19. The van der Waals surface area contributed by atoms with Crippen molar-refractivity contribution in [3.63, 3.8) is 0 Å². The Kier molecular flexibility index (Phi) is 7.63. The fraction of sp³-hybridized carbons (Fsp3) is 0.522. The van der Waals surface area contributed by atoms with E-state index >= 15 is 0 Å². The lowest BCUT2D eigenvalue weighted by Crippen LogP contribution is -2.55. The molecule has 2 atom stereocenters. The van der Waals surface area contributed by atoms with Crippen LogP contribution < -0.4 is 15.5 Å². The number of carbonyl (C=O) groups is 2. The van der Waals surface area contributed by atoms with Gasteiger partial charge in [0, 0.05) is 51.4 Å². The predicted octanol–water partition coefficient (Wildman–Crippen LogP) is 0.125. The summed E-state index contributed by atoms with van der Waals surface area (Å²) in [5.74, 6) is 0.193. The van der Waals surface area contributed by atoms with Crippen LogP contribution in [0.25, 0.3) is 11.3 Å². The summed E-state index contributed by atoms with van der Waals surface area (Å²) >= 11 is 0. The third-order valence-corrected chi connectivity index (χ3v) is 6.49. The zero-order valence-electron chi connectivity index (χ0n) is 19.6. The van der Waals surface area contributed by atoms with Crippen LogP contribution in [0.3, 0.4) is 0 Å². The molecule has 2 amide bonds. The zero-order valence-corrected chi connectivity index (χ0v) is 19.6. The van der Waals surface area contributed by atoms with Gasteiger partial charge < -0.3 is 15.5 Å². The van der Waals surface area contributed by atoms with Crippen molar-refractivity contribution in [2.75, 3.05) is 58.3 Å². The van der Waals surface area contributed by atoms with Crippen molar-refractivity contribution < 1.29 is 14.0 Å². The number of halogens is 1. The molecule has 0 spiro atoms. The first-order chi connectivity index (χ1) is 16.4. The van der Waals surface area contributed by atoms with Crippen LogP contribution in [0.15, 0.2) is 30.5 Å². The van der Waals surface area contributed by atoms with Crippen molar-refractivity contribution >= 4 is 17.8 Å². The molecule has 2 fully saturated rings. The van der Waals surface area contributed by atoms with Gasteiger partial charge in [-0.1, -0.05) is 0 Å². The van der Waals surface area contributed by atoms with Gasteiger partial charge in [-0.05, 0) is 44.2 Å². The SMILES string of the molecule is CNC(=O)[C@H]1C[C@@H](NC(=O)CN2CCN(c3nncc(-c4ccc(F)cc4)n3)CC2)CCN1C. The number of nitrogens with one attached hydrogen (secondary N) is 2. The molecule has 34 heavy (non-hydrogen) atoms. The standard InChI is InChI=1S/C23H31FN8O2/c1-25-22(34)20-13-18(7-8-30(20)2)27-21(33)15-31-9-11-32(12-10-31)23-28-19(14-26-29-23)16-3-5-17(24)6-4-16/h3-6,14,18,20H,7-13,15H2,1-2H3,(H,25,34)(H,27,33)/t18-,20+/m0/s1. The Morgan fingerprint density at radius 1 is 1.12 bits per heavy atom. The number of nitrogens with zero attached hydrogens (tertiary/aromatic N) is 6. The Bertz CT molecular complexity index is 997. The predicted molar refractivity (Wildman–Crippen MR) is 126 cm³/mol. The quantitative estimate of drug-likeness (QED) is 0.614. The average Bonchev–Trinajstić information content (AvgIpc) is 2.85. The third kappa shape index (κ3) is 5.84. The Morgan fingerprint density at radius 2 is 1.85 bits per heavy atom. The number of anilines is 1. The Morgan fingerprint density at radius 3 is 2.56 bits per heavy atom. The van der Waals surface area contributed by atoms with Gasteiger partial charge in [-0.15, -0.1) is 5.10 Å². The minimum Gasteiger partial charge on any atom is -0.358 e. The van der Waals surface area contributed by atoms with Crippen LogP contribution in [-0.2, 0) is 9.59 Å². The highest BCUT2D eigenvalue weighted by atomic mass is 19.1. The minimum atomic E-state index is -0.298. The van der Waals surface area contributed by atoms with E-state index in [0.29, 0.717) is 50.8 Å². The van der Waals surface area contributed by atoms with Gasteiger partial charge in [0.2, 0.25) is 17.8 Å². The van der Waals surface area contributed by atoms with Gasteiger partial charge in [0.1, 0.15) is 5.82 Å². The summed E-state index contributed by atoms with van der Waals surface area (Å²) in [5.41, 5.74) is 1.42. The Labute approximate surface area is 198 Å². The van der Waals surface area contributed by atoms with Gasteiger partial charge in [-0.3, -0.25) is 19.4 Å². The third-order valence-electron chi connectivity index (χ3n) is 6.49. The van der Waals surface area contributed by atoms with Gasteiger partial charge in [0.15, 0.2) is 0 Å². The van der Waals surface area contributed by atoms with E-state index in [4.69, 9.17) is 0 Å². The molecule has 2 N–H and O–H groups in total. The number of aromatic nitrogens is 3. The molecule has 1 aromatic carbocycles. The van der Waals surface area contributed by atoms with Crippen molar-refractivity contribution in [2.24, 2.45) is 0 Å². The molecule has 11 heteroatoms. The molecule has 182 valence electrons. The van der Waals surface area contributed by atoms with E-state index in [1.807, 2.05) is 16.8 Å². The molecule has 4 rings (SSSR count). The maximum absolute atomic E-state index is 13.2. The molecule has 0 aliphatic carbocycles. The highest BCUT2D eigenvalue weighted by molar-refractivity contribution is 5.82. The van der Waals surface area contributed by atoms with Gasteiger partial charge >= 0.3 is 0 Å². The van der Waals surface area contributed by atoms with Gasteiger partial charge in [0.25, 0.3) is 0 Å². The molecule has 2 aromatic rings. The molecule has 3 heterocycles. The molecule has 0 saturated carbocycles. The van der Waals surface area contributed by atoms with Crippen molar-refractivity contribution in [3.8, 4) is 11.3 Å². The maximum atomic E-state index is 13.2. The highest BCUT2D eigenvalue weighted by Gasteiger charge is 2.31. The van der Waals surface area contributed by atoms with Crippen LogP contribution >= 0.6 is 0 Å². The van der Waals surface area contributed by atoms with Crippen LogP contribution in [0, 0.1) is 5.82 Å². The summed E-state index contributed by atoms with van der Waals surface area (Å²) in [6.07, 6.45) is 3.01. The first kappa shape index (κ1) is 24.0. The number of piperazine rings is 1.